The van der Waals surface area contributed by atoms with Crippen LogP contribution in [0.3, 0.4) is 0 Å². The van der Waals surface area contributed by atoms with Crippen LogP contribution in [-0.2, 0) is 19.1 Å². The summed E-state index contributed by atoms with van der Waals surface area (Å²) >= 11 is 0. The van der Waals surface area contributed by atoms with Crippen molar-refractivity contribution in [2.24, 2.45) is 0 Å². The van der Waals surface area contributed by atoms with Crippen molar-refractivity contribution >= 4 is 11.9 Å². The third-order valence-corrected chi connectivity index (χ3v) is 1.08. The topological polar surface area (TPSA) is 55.8 Å². The van der Waals surface area contributed by atoms with Gasteiger partial charge in [0.1, 0.15) is 13.2 Å². The second-order valence-electron chi connectivity index (χ2n) is 3.63. The van der Waals surface area contributed by atoms with E-state index in [0.717, 1.165) is 6.08 Å². The van der Waals surface area contributed by atoms with Crippen molar-refractivity contribution in [1.29, 1.82) is 0 Å². The number of ether oxygens (including phenoxy) is 2. The molecule has 5 nitrogen and oxygen atoms in total. The van der Waals surface area contributed by atoms with Crippen LogP contribution in [0.15, 0.2) is 24.8 Å². The molecule has 0 aliphatic rings. The maximum absolute atomic E-state index is 10.8. The first-order valence-corrected chi connectivity index (χ1v) is 5.04. The van der Waals surface area contributed by atoms with E-state index in [9.17, 15) is 9.59 Å². The van der Waals surface area contributed by atoms with E-state index in [0.29, 0.717) is 5.57 Å². The summed E-state index contributed by atoms with van der Waals surface area (Å²) in [4.78, 5) is 23.3. The highest BCUT2D eigenvalue weighted by Crippen LogP contribution is 1.91. The molecule has 0 fully saturated rings. The van der Waals surface area contributed by atoms with Crippen LogP contribution in [0, 0.1) is 0 Å². The fourth-order valence-electron chi connectivity index (χ4n) is 0.459. The largest absolute Gasteiger partial charge is 0.459 e. The number of rotatable bonds is 5. The Labute approximate surface area is 103 Å². The van der Waals surface area contributed by atoms with Crippen LogP contribution in [0.1, 0.15) is 6.92 Å². The van der Waals surface area contributed by atoms with Crippen LogP contribution >= 0.6 is 0 Å². The second-order valence-corrected chi connectivity index (χ2v) is 3.63. The second kappa shape index (κ2) is 10.9. The molecule has 0 saturated carbocycles. The van der Waals surface area contributed by atoms with Crippen LogP contribution in [0.4, 0.5) is 0 Å². The first-order chi connectivity index (χ1) is 7.81. The fourth-order valence-corrected chi connectivity index (χ4v) is 0.459. The van der Waals surface area contributed by atoms with E-state index >= 15 is 0 Å². The number of esters is 2. The van der Waals surface area contributed by atoms with Gasteiger partial charge >= 0.3 is 11.9 Å². The van der Waals surface area contributed by atoms with Gasteiger partial charge in [0.15, 0.2) is 0 Å². The average molecular weight is 243 g/mol. The molecule has 0 N–H and O–H groups in total. The summed E-state index contributed by atoms with van der Waals surface area (Å²) in [5.41, 5.74) is 0.315. The van der Waals surface area contributed by atoms with E-state index in [1.807, 2.05) is 26.0 Å². The lowest BCUT2D eigenvalue weighted by atomic mass is 10.4. The lowest BCUT2D eigenvalue weighted by Crippen LogP contribution is -2.12. The maximum Gasteiger partial charge on any atom is 0.333 e. The average Bonchev–Trinajstić information content (AvgIpc) is 2.22. The zero-order valence-corrected chi connectivity index (χ0v) is 11.0. The van der Waals surface area contributed by atoms with Crippen LogP contribution in [0.5, 0.6) is 0 Å². The monoisotopic (exact) mass is 243 g/mol. The highest BCUT2D eigenvalue weighted by molar-refractivity contribution is 5.86. The Morgan fingerprint density at radius 1 is 1.18 bits per heavy atom. The number of nitrogens with zero attached hydrogens (tertiary/aromatic N) is 1. The molecule has 0 aliphatic heterocycles. The molecular formula is C12H21NO4. The van der Waals surface area contributed by atoms with Gasteiger partial charge in [-0.25, -0.2) is 9.59 Å². The van der Waals surface area contributed by atoms with Crippen LogP contribution < -0.4 is 0 Å². The molecule has 0 rings (SSSR count). The number of hydrogen-bond acceptors (Lipinski definition) is 5. The zero-order valence-electron chi connectivity index (χ0n) is 11.0. The fraction of sp³-hybridized carbons (Fsp3) is 0.500. The molecule has 0 aromatic heterocycles. The first-order valence-electron chi connectivity index (χ1n) is 5.04. The summed E-state index contributed by atoms with van der Waals surface area (Å²) in [6.45, 7) is 8.20. The third-order valence-electron chi connectivity index (χ3n) is 1.08. The van der Waals surface area contributed by atoms with Crippen molar-refractivity contribution in [2.45, 2.75) is 6.92 Å². The van der Waals surface area contributed by atoms with Gasteiger partial charge in [0.25, 0.3) is 0 Å². The lowest BCUT2D eigenvalue weighted by Gasteiger charge is -2.03. The SMILES string of the molecule is C=CC(=O)OCCOC(=O)C(=C)C.CN(C)C. The van der Waals surface area contributed by atoms with Gasteiger partial charge in [0.05, 0.1) is 0 Å². The minimum absolute atomic E-state index is 0.0316. The smallest absolute Gasteiger partial charge is 0.333 e. The van der Waals surface area contributed by atoms with Crippen molar-refractivity contribution in [3.05, 3.63) is 24.8 Å². The molecule has 0 bridgehead atoms. The van der Waals surface area contributed by atoms with Crippen molar-refractivity contribution in [3.8, 4) is 0 Å². The summed E-state index contributed by atoms with van der Waals surface area (Å²) in [6, 6.07) is 0. The van der Waals surface area contributed by atoms with Gasteiger partial charge < -0.3 is 14.4 Å². The minimum Gasteiger partial charge on any atom is -0.459 e. The van der Waals surface area contributed by atoms with E-state index in [-0.39, 0.29) is 13.2 Å². The molecule has 5 heteroatoms. The molecule has 0 aromatic carbocycles. The summed E-state index contributed by atoms with van der Waals surface area (Å²) in [7, 11) is 6.00. The number of hydrogen-bond donors (Lipinski definition) is 0. The molecule has 0 unspecified atom stereocenters. The predicted octanol–water partition coefficient (Wildman–Crippen LogP) is 1.01. The molecule has 0 saturated heterocycles. The maximum atomic E-state index is 10.8. The van der Waals surface area contributed by atoms with E-state index in [2.05, 4.69) is 22.6 Å². The van der Waals surface area contributed by atoms with Gasteiger partial charge in [0.2, 0.25) is 0 Å². The molecule has 0 aromatic rings. The summed E-state index contributed by atoms with van der Waals surface area (Å²) < 4.78 is 9.21. The van der Waals surface area contributed by atoms with Crippen molar-refractivity contribution < 1.29 is 19.1 Å². The Hall–Kier alpha value is -1.62. The Morgan fingerprint density at radius 3 is 1.94 bits per heavy atom. The van der Waals surface area contributed by atoms with E-state index < -0.39 is 11.9 Å². The predicted molar refractivity (Wildman–Crippen MR) is 66.5 cm³/mol. The van der Waals surface area contributed by atoms with Gasteiger partial charge in [-0.05, 0) is 28.1 Å². The van der Waals surface area contributed by atoms with E-state index in [1.165, 1.54) is 6.92 Å². The normalized spacial score (nSPS) is 8.76. The molecule has 0 radical (unpaired) electrons. The van der Waals surface area contributed by atoms with Crippen molar-refractivity contribution in [3.63, 3.8) is 0 Å². The van der Waals surface area contributed by atoms with E-state index in [1.54, 1.807) is 0 Å². The highest BCUT2D eigenvalue weighted by Gasteiger charge is 2.02. The lowest BCUT2D eigenvalue weighted by molar-refractivity contribution is -0.146. The number of carbonyl (C=O) groups is 2. The summed E-state index contributed by atoms with van der Waals surface area (Å²) in [5.74, 6) is -1.03. The molecule has 0 heterocycles. The Morgan fingerprint density at radius 2 is 1.59 bits per heavy atom. The standard InChI is InChI=1S/C9H12O4.C3H9N/c1-4-8(10)12-5-6-13-9(11)7(2)3;1-4(2)3/h4H,1-2,5-6H2,3H3;1-3H3. The molecule has 17 heavy (non-hydrogen) atoms. The van der Waals surface area contributed by atoms with Crippen LogP contribution in [0.2, 0.25) is 0 Å². The van der Waals surface area contributed by atoms with Crippen molar-refractivity contribution in [2.75, 3.05) is 34.4 Å². The van der Waals surface area contributed by atoms with Gasteiger partial charge in [-0.2, -0.15) is 0 Å². The van der Waals surface area contributed by atoms with Crippen molar-refractivity contribution in [1.82, 2.24) is 4.90 Å². The molecule has 98 valence electrons. The third kappa shape index (κ3) is 17.0. The molecule has 0 atom stereocenters. The zero-order chi connectivity index (χ0) is 13.8. The number of carbonyl (C=O) groups excluding carboxylic acids is 2. The van der Waals surface area contributed by atoms with Gasteiger partial charge in [-0.3, -0.25) is 0 Å². The molecule has 0 amide bonds. The molecule has 0 spiro atoms. The minimum atomic E-state index is -0.536. The summed E-state index contributed by atoms with van der Waals surface area (Å²) in [5, 5.41) is 0. The molecule has 0 aliphatic carbocycles. The van der Waals surface area contributed by atoms with Gasteiger partial charge in [-0.15, -0.1) is 0 Å². The van der Waals surface area contributed by atoms with Gasteiger partial charge in [0, 0.05) is 11.6 Å². The van der Waals surface area contributed by atoms with Crippen LogP contribution in [0.25, 0.3) is 0 Å². The Bertz CT molecular complexity index is 269. The first kappa shape index (κ1) is 17.8. The Balaban J connectivity index is 0. The Kier molecular flexibility index (Phi) is 11.4. The molecular weight excluding hydrogens is 222 g/mol. The highest BCUT2D eigenvalue weighted by atomic mass is 16.6. The summed E-state index contributed by atoms with van der Waals surface area (Å²) in [6.07, 6.45) is 1.04. The quantitative estimate of drug-likeness (QED) is 0.410. The van der Waals surface area contributed by atoms with Crippen LogP contribution in [-0.4, -0.2) is 51.2 Å². The van der Waals surface area contributed by atoms with Gasteiger partial charge in [-0.1, -0.05) is 13.2 Å². The van der Waals surface area contributed by atoms with E-state index in [4.69, 9.17) is 0 Å².